The maximum absolute atomic E-state index is 12.9. The maximum atomic E-state index is 12.9. The molecule has 4 amide bonds. The van der Waals surface area contributed by atoms with Crippen LogP contribution in [0.2, 0.25) is 0 Å². The topological polar surface area (TPSA) is 131 Å². The molecule has 0 radical (unpaired) electrons. The number of hydrogen-bond donors (Lipinski definition) is 2. The molecule has 0 aromatic heterocycles. The van der Waals surface area contributed by atoms with E-state index in [4.69, 9.17) is 4.84 Å². The molecular formula is C16H15N3O7. The minimum absolute atomic E-state index is 0.0132. The van der Waals surface area contributed by atoms with Gasteiger partial charge in [-0.05, 0) is 18.1 Å². The normalized spacial score (nSPS) is 19.5. The first kappa shape index (κ1) is 17.5. The molecule has 1 unspecified atom stereocenters. The lowest BCUT2D eigenvalue weighted by atomic mass is 10.0. The number of esters is 1. The van der Waals surface area contributed by atoms with Crippen LogP contribution in [0.4, 0.5) is 5.69 Å². The number of amides is 4. The quantitative estimate of drug-likeness (QED) is 0.412. The Kier molecular flexibility index (Phi) is 4.67. The van der Waals surface area contributed by atoms with Gasteiger partial charge >= 0.3 is 11.9 Å². The summed E-state index contributed by atoms with van der Waals surface area (Å²) < 4.78 is 4.34. The number of benzene rings is 1. The number of anilines is 1. The molecule has 3 rings (SSSR count). The van der Waals surface area contributed by atoms with E-state index in [0.717, 1.165) is 12.2 Å². The highest BCUT2D eigenvalue weighted by atomic mass is 16.7. The molecule has 1 aromatic rings. The minimum Gasteiger partial charge on any atom is -0.462 e. The van der Waals surface area contributed by atoms with Crippen LogP contribution in [-0.4, -0.2) is 47.8 Å². The molecule has 2 aliphatic rings. The van der Waals surface area contributed by atoms with Crippen LogP contribution in [0.1, 0.15) is 28.8 Å². The predicted molar refractivity (Wildman–Crippen MR) is 84.2 cm³/mol. The zero-order chi connectivity index (χ0) is 18.8. The number of rotatable bonds is 2. The van der Waals surface area contributed by atoms with Crippen LogP contribution in [0.15, 0.2) is 18.2 Å². The fourth-order valence-electron chi connectivity index (χ4n) is 2.79. The van der Waals surface area contributed by atoms with Crippen LogP contribution < -0.4 is 10.6 Å². The van der Waals surface area contributed by atoms with Gasteiger partial charge in [-0.2, -0.15) is 0 Å². The van der Waals surface area contributed by atoms with Crippen molar-refractivity contribution < 1.29 is 33.5 Å². The van der Waals surface area contributed by atoms with Crippen molar-refractivity contribution >= 4 is 35.3 Å². The average Bonchev–Trinajstić information content (AvgIpc) is 2.62. The van der Waals surface area contributed by atoms with Gasteiger partial charge in [-0.3, -0.25) is 29.3 Å². The summed E-state index contributed by atoms with van der Waals surface area (Å²) in [6.07, 6.45) is 0.208. The minimum atomic E-state index is -1.11. The second-order valence-electron chi connectivity index (χ2n) is 5.66. The van der Waals surface area contributed by atoms with Gasteiger partial charge in [0.25, 0.3) is 11.8 Å². The van der Waals surface area contributed by atoms with Gasteiger partial charge in [0.1, 0.15) is 12.6 Å². The largest absolute Gasteiger partial charge is 0.462 e. The SMILES string of the molecule is COC(=O)C(=O)Nc1cccc2c1C(=O)N(C1CCC(=O)NC1=O)OC2. The number of nitrogens with one attached hydrogen (secondary N) is 2. The lowest BCUT2D eigenvalue weighted by molar-refractivity contribution is -0.178. The fraction of sp³-hybridized carbons (Fsp3) is 0.312. The van der Waals surface area contributed by atoms with Gasteiger partial charge in [-0.1, -0.05) is 12.1 Å². The van der Waals surface area contributed by atoms with Crippen molar-refractivity contribution in [1.29, 1.82) is 0 Å². The van der Waals surface area contributed by atoms with E-state index in [-0.39, 0.29) is 30.7 Å². The first-order chi connectivity index (χ1) is 12.4. The summed E-state index contributed by atoms with van der Waals surface area (Å²) in [5, 5.41) is 5.38. The summed E-state index contributed by atoms with van der Waals surface area (Å²) in [5.74, 6) is -3.84. The van der Waals surface area contributed by atoms with Crippen molar-refractivity contribution in [2.75, 3.05) is 12.4 Å². The number of methoxy groups -OCH3 is 1. The van der Waals surface area contributed by atoms with Crippen molar-refractivity contribution in [1.82, 2.24) is 10.4 Å². The Bertz CT molecular complexity index is 820. The van der Waals surface area contributed by atoms with E-state index in [1.54, 1.807) is 12.1 Å². The van der Waals surface area contributed by atoms with E-state index in [1.165, 1.54) is 6.07 Å². The number of fused-ring (bicyclic) bond motifs is 1. The van der Waals surface area contributed by atoms with Gasteiger partial charge < -0.3 is 10.1 Å². The molecule has 2 N–H and O–H groups in total. The number of hydroxylamine groups is 2. The molecule has 1 fully saturated rings. The Morgan fingerprint density at radius 2 is 2.08 bits per heavy atom. The Morgan fingerprint density at radius 3 is 2.77 bits per heavy atom. The van der Waals surface area contributed by atoms with Crippen LogP contribution >= 0.6 is 0 Å². The van der Waals surface area contributed by atoms with Crippen LogP contribution in [0.25, 0.3) is 0 Å². The summed E-state index contributed by atoms with van der Waals surface area (Å²) in [4.78, 5) is 64.6. The molecule has 136 valence electrons. The lowest BCUT2D eigenvalue weighted by Gasteiger charge is -2.35. The van der Waals surface area contributed by atoms with Gasteiger partial charge in [0.05, 0.1) is 18.4 Å². The molecule has 1 saturated heterocycles. The van der Waals surface area contributed by atoms with Crippen molar-refractivity contribution in [3.05, 3.63) is 29.3 Å². The zero-order valence-electron chi connectivity index (χ0n) is 13.7. The van der Waals surface area contributed by atoms with E-state index in [2.05, 4.69) is 15.4 Å². The second kappa shape index (κ2) is 6.92. The highest BCUT2D eigenvalue weighted by molar-refractivity contribution is 6.37. The zero-order valence-corrected chi connectivity index (χ0v) is 13.7. The third kappa shape index (κ3) is 3.14. The van der Waals surface area contributed by atoms with Crippen molar-refractivity contribution in [2.45, 2.75) is 25.5 Å². The first-order valence-electron chi connectivity index (χ1n) is 7.73. The second-order valence-corrected chi connectivity index (χ2v) is 5.66. The number of piperidine rings is 1. The molecule has 0 bridgehead atoms. The van der Waals surface area contributed by atoms with Crippen LogP contribution in [0.5, 0.6) is 0 Å². The van der Waals surface area contributed by atoms with Gasteiger partial charge in [-0.25, -0.2) is 9.86 Å². The summed E-state index contributed by atoms with van der Waals surface area (Å²) in [6.45, 7) is -0.0132. The van der Waals surface area contributed by atoms with Gasteiger partial charge in [0, 0.05) is 6.42 Å². The number of imide groups is 1. The number of nitrogens with zero attached hydrogens (tertiary/aromatic N) is 1. The third-order valence-electron chi connectivity index (χ3n) is 4.04. The standard InChI is InChI=1S/C16H15N3O7/c1-25-16(24)14(22)17-9-4-2-3-8-7-26-19(15(23)12(8)9)10-5-6-11(20)18-13(10)21/h2-4,10H,5-7H2,1H3,(H,17,22)(H,18,20,21). The highest BCUT2D eigenvalue weighted by Gasteiger charge is 2.39. The van der Waals surface area contributed by atoms with Gasteiger partial charge in [0.2, 0.25) is 5.91 Å². The smallest absolute Gasteiger partial charge is 0.396 e. The fourth-order valence-corrected chi connectivity index (χ4v) is 2.79. The molecule has 2 heterocycles. The highest BCUT2D eigenvalue weighted by Crippen LogP contribution is 2.29. The average molecular weight is 361 g/mol. The Balaban J connectivity index is 1.89. The Labute approximate surface area is 147 Å². The third-order valence-corrected chi connectivity index (χ3v) is 4.04. The predicted octanol–water partition coefficient (Wildman–Crippen LogP) is -0.509. The summed E-state index contributed by atoms with van der Waals surface area (Å²) in [5.41, 5.74) is 0.699. The van der Waals surface area contributed by atoms with E-state index in [0.29, 0.717) is 5.56 Å². The lowest BCUT2D eigenvalue weighted by Crippen LogP contribution is -2.55. The molecule has 10 nitrogen and oxygen atoms in total. The van der Waals surface area contributed by atoms with E-state index in [1.807, 2.05) is 0 Å². The molecule has 0 spiro atoms. The molecule has 1 atom stereocenters. The first-order valence-corrected chi connectivity index (χ1v) is 7.73. The summed E-state index contributed by atoms with van der Waals surface area (Å²) in [6, 6.07) is 3.70. The van der Waals surface area contributed by atoms with Crippen LogP contribution in [-0.2, 0) is 35.4 Å². The monoisotopic (exact) mass is 361 g/mol. The number of hydrogen-bond acceptors (Lipinski definition) is 7. The molecule has 1 aromatic carbocycles. The van der Waals surface area contributed by atoms with E-state index in [9.17, 15) is 24.0 Å². The van der Waals surface area contributed by atoms with Crippen molar-refractivity contribution in [3.63, 3.8) is 0 Å². The summed E-state index contributed by atoms with van der Waals surface area (Å²) in [7, 11) is 1.06. The van der Waals surface area contributed by atoms with Crippen molar-refractivity contribution in [2.24, 2.45) is 0 Å². The summed E-state index contributed by atoms with van der Waals surface area (Å²) >= 11 is 0. The molecule has 10 heteroatoms. The molecule has 26 heavy (non-hydrogen) atoms. The Hall–Kier alpha value is -3.27. The van der Waals surface area contributed by atoms with Gasteiger partial charge in [-0.15, -0.1) is 0 Å². The number of carbonyl (C=O) groups excluding carboxylic acids is 5. The molecule has 0 saturated carbocycles. The van der Waals surface area contributed by atoms with E-state index < -0.39 is 35.6 Å². The van der Waals surface area contributed by atoms with Crippen LogP contribution in [0.3, 0.4) is 0 Å². The molecule has 0 aliphatic carbocycles. The Morgan fingerprint density at radius 1 is 1.31 bits per heavy atom. The van der Waals surface area contributed by atoms with E-state index >= 15 is 0 Å². The van der Waals surface area contributed by atoms with Crippen molar-refractivity contribution in [3.8, 4) is 0 Å². The van der Waals surface area contributed by atoms with Gasteiger partial charge in [0.15, 0.2) is 0 Å². The molecule has 2 aliphatic heterocycles. The maximum Gasteiger partial charge on any atom is 0.396 e. The number of ether oxygens (including phenoxy) is 1. The molecular weight excluding hydrogens is 346 g/mol. The number of carbonyl (C=O) groups is 5. The van der Waals surface area contributed by atoms with Crippen LogP contribution in [0, 0.1) is 0 Å².